The van der Waals surface area contributed by atoms with Gasteiger partial charge in [0.25, 0.3) is 0 Å². The minimum Gasteiger partial charge on any atom is -0.497 e. The fourth-order valence-electron chi connectivity index (χ4n) is 2.65. The van der Waals surface area contributed by atoms with Crippen LogP contribution in [0.2, 0.25) is 5.02 Å². The molecular formula is C21H23ClN4O2S. The standard InChI is InChI=1S/C21H23ClN4O2S/c1-4-5-20-24-25-21(29-14-15-6-9-17(22)10-7-15)26(20)23-13-16-8-11-18(27-2)12-19(16)28-3/h6-13H,4-5,14H2,1-3H3/b23-13-. The molecule has 152 valence electrons. The molecule has 0 aliphatic carbocycles. The van der Waals surface area contributed by atoms with Gasteiger partial charge in [0.05, 0.1) is 20.4 Å². The number of benzene rings is 2. The molecule has 0 saturated carbocycles. The fourth-order valence-corrected chi connectivity index (χ4v) is 3.64. The van der Waals surface area contributed by atoms with Gasteiger partial charge in [-0.15, -0.1) is 10.2 Å². The van der Waals surface area contributed by atoms with Gasteiger partial charge < -0.3 is 9.47 Å². The van der Waals surface area contributed by atoms with Crippen LogP contribution in [-0.4, -0.2) is 35.3 Å². The van der Waals surface area contributed by atoms with Crippen LogP contribution in [0.5, 0.6) is 11.5 Å². The second kappa shape index (κ2) is 10.3. The average Bonchev–Trinajstić information content (AvgIpc) is 3.13. The molecule has 2 aromatic carbocycles. The molecule has 6 nitrogen and oxygen atoms in total. The van der Waals surface area contributed by atoms with Crippen molar-refractivity contribution in [3.63, 3.8) is 0 Å². The lowest BCUT2D eigenvalue weighted by Gasteiger charge is -2.08. The van der Waals surface area contributed by atoms with Crippen LogP contribution >= 0.6 is 23.4 Å². The van der Waals surface area contributed by atoms with Gasteiger partial charge in [0.15, 0.2) is 5.82 Å². The van der Waals surface area contributed by atoms with Gasteiger partial charge in [-0.2, -0.15) is 9.78 Å². The Kier molecular flexibility index (Phi) is 7.55. The Labute approximate surface area is 179 Å². The van der Waals surface area contributed by atoms with Crippen LogP contribution in [0.15, 0.2) is 52.7 Å². The van der Waals surface area contributed by atoms with Crippen LogP contribution in [0.25, 0.3) is 0 Å². The first-order valence-corrected chi connectivity index (χ1v) is 10.6. The summed E-state index contributed by atoms with van der Waals surface area (Å²) in [6, 6.07) is 13.4. The van der Waals surface area contributed by atoms with Gasteiger partial charge in [-0.1, -0.05) is 42.4 Å². The largest absolute Gasteiger partial charge is 0.497 e. The fraction of sp³-hybridized carbons (Fsp3) is 0.286. The van der Waals surface area contributed by atoms with Crippen molar-refractivity contribution < 1.29 is 9.47 Å². The van der Waals surface area contributed by atoms with Crippen LogP contribution in [-0.2, 0) is 12.2 Å². The Morgan fingerprint density at radius 3 is 2.59 bits per heavy atom. The van der Waals surface area contributed by atoms with E-state index in [4.69, 9.17) is 21.1 Å². The van der Waals surface area contributed by atoms with Gasteiger partial charge in [0.1, 0.15) is 11.5 Å². The smallest absolute Gasteiger partial charge is 0.212 e. The highest BCUT2D eigenvalue weighted by Crippen LogP contribution is 2.25. The molecule has 0 unspecified atom stereocenters. The summed E-state index contributed by atoms with van der Waals surface area (Å²) in [5, 5.41) is 14.8. The first-order valence-electron chi connectivity index (χ1n) is 9.22. The molecule has 3 aromatic rings. The van der Waals surface area contributed by atoms with Crippen LogP contribution in [0.4, 0.5) is 0 Å². The Morgan fingerprint density at radius 1 is 1.10 bits per heavy atom. The molecule has 0 saturated heterocycles. The zero-order valence-electron chi connectivity index (χ0n) is 16.6. The van der Waals surface area contributed by atoms with E-state index < -0.39 is 0 Å². The first kappa shape index (κ1) is 21.2. The second-order valence-electron chi connectivity index (χ2n) is 6.23. The molecule has 3 rings (SSSR count). The molecule has 29 heavy (non-hydrogen) atoms. The summed E-state index contributed by atoms with van der Waals surface area (Å²) in [6.07, 6.45) is 3.51. The zero-order chi connectivity index (χ0) is 20.6. The molecule has 1 heterocycles. The average molecular weight is 431 g/mol. The van der Waals surface area contributed by atoms with Crippen molar-refractivity contribution in [3.8, 4) is 11.5 Å². The maximum Gasteiger partial charge on any atom is 0.212 e. The Balaban J connectivity index is 1.84. The SMILES string of the molecule is CCCc1nnc(SCc2ccc(Cl)cc2)n1/N=C\c1ccc(OC)cc1OC. The third kappa shape index (κ3) is 5.52. The van der Waals surface area contributed by atoms with Crippen molar-refractivity contribution in [3.05, 3.63) is 64.4 Å². The predicted molar refractivity (Wildman–Crippen MR) is 118 cm³/mol. The van der Waals surface area contributed by atoms with Crippen LogP contribution in [0.1, 0.15) is 30.3 Å². The molecule has 0 aliphatic rings. The van der Waals surface area contributed by atoms with Gasteiger partial charge in [-0.3, -0.25) is 0 Å². The number of aryl methyl sites for hydroxylation is 1. The van der Waals surface area contributed by atoms with Gasteiger partial charge in [0, 0.05) is 28.8 Å². The number of hydrogen-bond donors (Lipinski definition) is 0. The number of halogens is 1. The topological polar surface area (TPSA) is 61.5 Å². The highest BCUT2D eigenvalue weighted by Gasteiger charge is 2.12. The molecule has 0 radical (unpaired) electrons. The van der Waals surface area contributed by atoms with Crippen LogP contribution < -0.4 is 9.47 Å². The highest BCUT2D eigenvalue weighted by atomic mass is 35.5. The molecule has 1 aromatic heterocycles. The summed E-state index contributed by atoms with van der Waals surface area (Å²) in [7, 11) is 3.25. The minimum absolute atomic E-state index is 0.689. The number of aromatic nitrogens is 3. The van der Waals surface area contributed by atoms with Crippen molar-refractivity contribution in [2.24, 2.45) is 5.10 Å². The van der Waals surface area contributed by atoms with Gasteiger partial charge in [-0.05, 0) is 36.2 Å². The Bertz CT molecular complexity index is 973. The van der Waals surface area contributed by atoms with E-state index >= 15 is 0 Å². The number of hydrogen-bond acceptors (Lipinski definition) is 6. The molecule has 0 amide bonds. The van der Waals surface area contributed by atoms with E-state index in [9.17, 15) is 0 Å². The molecule has 8 heteroatoms. The first-order chi connectivity index (χ1) is 14.1. The second-order valence-corrected chi connectivity index (χ2v) is 7.61. The maximum atomic E-state index is 5.96. The number of thioether (sulfide) groups is 1. The minimum atomic E-state index is 0.689. The number of methoxy groups -OCH3 is 2. The lowest BCUT2D eigenvalue weighted by Crippen LogP contribution is -2.01. The summed E-state index contributed by atoms with van der Waals surface area (Å²) in [6.45, 7) is 2.11. The van der Waals surface area contributed by atoms with Crippen LogP contribution in [0.3, 0.4) is 0 Å². The van der Waals surface area contributed by atoms with Crippen molar-refractivity contribution in [2.45, 2.75) is 30.7 Å². The summed E-state index contributed by atoms with van der Waals surface area (Å²) in [5.74, 6) is 3.00. The van der Waals surface area contributed by atoms with E-state index in [0.717, 1.165) is 51.5 Å². The molecule has 0 spiro atoms. The Hall–Kier alpha value is -2.51. The molecular weight excluding hydrogens is 408 g/mol. The predicted octanol–water partition coefficient (Wildman–Crippen LogP) is 5.08. The van der Waals surface area contributed by atoms with Crippen LogP contribution in [0, 0.1) is 0 Å². The third-order valence-electron chi connectivity index (χ3n) is 4.18. The lowest BCUT2D eigenvalue weighted by molar-refractivity contribution is 0.394. The number of rotatable bonds is 9. The van der Waals surface area contributed by atoms with E-state index in [2.05, 4.69) is 22.2 Å². The summed E-state index contributed by atoms with van der Waals surface area (Å²) in [4.78, 5) is 0. The van der Waals surface area contributed by atoms with E-state index in [-0.39, 0.29) is 0 Å². The number of nitrogens with zero attached hydrogens (tertiary/aromatic N) is 4. The Morgan fingerprint density at radius 2 is 1.90 bits per heavy atom. The van der Waals surface area contributed by atoms with Crippen molar-refractivity contribution in [2.75, 3.05) is 14.2 Å². The highest BCUT2D eigenvalue weighted by molar-refractivity contribution is 7.98. The number of ether oxygens (including phenoxy) is 2. The molecule has 0 bridgehead atoms. The lowest BCUT2D eigenvalue weighted by atomic mass is 10.2. The van der Waals surface area contributed by atoms with Gasteiger partial charge in [0.2, 0.25) is 5.16 Å². The monoisotopic (exact) mass is 430 g/mol. The molecule has 0 N–H and O–H groups in total. The third-order valence-corrected chi connectivity index (χ3v) is 5.43. The van der Waals surface area contributed by atoms with E-state index in [1.807, 2.05) is 42.5 Å². The quantitative estimate of drug-likeness (QED) is 0.350. The molecule has 0 aliphatic heterocycles. The summed E-state index contributed by atoms with van der Waals surface area (Å²) in [5.41, 5.74) is 2.00. The van der Waals surface area contributed by atoms with Crippen molar-refractivity contribution in [1.82, 2.24) is 14.9 Å². The van der Waals surface area contributed by atoms with Gasteiger partial charge >= 0.3 is 0 Å². The zero-order valence-corrected chi connectivity index (χ0v) is 18.2. The van der Waals surface area contributed by atoms with E-state index in [0.29, 0.717) is 5.75 Å². The van der Waals surface area contributed by atoms with E-state index in [1.54, 1.807) is 36.9 Å². The van der Waals surface area contributed by atoms with Crippen molar-refractivity contribution in [1.29, 1.82) is 0 Å². The molecule has 0 fully saturated rings. The molecule has 0 atom stereocenters. The van der Waals surface area contributed by atoms with E-state index in [1.165, 1.54) is 0 Å². The van der Waals surface area contributed by atoms with Crippen molar-refractivity contribution >= 4 is 29.6 Å². The van der Waals surface area contributed by atoms with Gasteiger partial charge in [-0.25, -0.2) is 0 Å². The summed E-state index contributed by atoms with van der Waals surface area (Å²) < 4.78 is 12.5. The normalized spacial score (nSPS) is 11.2. The maximum absolute atomic E-state index is 5.96. The summed E-state index contributed by atoms with van der Waals surface area (Å²) >= 11 is 7.55.